The molecule has 0 fully saturated rings. The van der Waals surface area contributed by atoms with Gasteiger partial charge >= 0.3 is 0 Å². The lowest BCUT2D eigenvalue weighted by Crippen LogP contribution is -2.03. The van der Waals surface area contributed by atoms with Crippen LogP contribution < -0.4 is 0 Å². The number of hydrogen-bond donors (Lipinski definition) is 0. The summed E-state index contributed by atoms with van der Waals surface area (Å²) in [6.45, 7) is 0. The Morgan fingerprint density at radius 3 is 2.18 bits per heavy atom. The van der Waals surface area contributed by atoms with Gasteiger partial charge in [-0.1, -0.05) is 72.8 Å². The standard InChI is InChI=1S/C21H18S/c1-3-8-16(9-4-1)18-14-19(17-10-5-2-6-11-17)20(15-18)21-12-7-13-22-21/h1-14,19-20H,15H2. The third-order valence-corrected chi connectivity index (χ3v) is 5.50. The van der Waals surface area contributed by atoms with E-state index in [1.165, 1.54) is 21.6 Å². The minimum atomic E-state index is 0.482. The van der Waals surface area contributed by atoms with Gasteiger partial charge in [0.2, 0.25) is 0 Å². The van der Waals surface area contributed by atoms with Crippen molar-refractivity contribution >= 4 is 16.9 Å². The maximum absolute atomic E-state index is 2.48. The van der Waals surface area contributed by atoms with E-state index in [9.17, 15) is 0 Å². The van der Waals surface area contributed by atoms with Gasteiger partial charge in [-0.05, 0) is 34.6 Å². The van der Waals surface area contributed by atoms with Crippen LogP contribution in [0.3, 0.4) is 0 Å². The Labute approximate surface area is 135 Å². The van der Waals surface area contributed by atoms with Crippen LogP contribution in [0.5, 0.6) is 0 Å². The molecule has 0 N–H and O–H groups in total. The van der Waals surface area contributed by atoms with Crippen molar-refractivity contribution < 1.29 is 0 Å². The van der Waals surface area contributed by atoms with E-state index in [4.69, 9.17) is 0 Å². The molecule has 1 heterocycles. The van der Waals surface area contributed by atoms with Crippen molar-refractivity contribution in [3.63, 3.8) is 0 Å². The van der Waals surface area contributed by atoms with Crippen LogP contribution in [0.2, 0.25) is 0 Å². The van der Waals surface area contributed by atoms with Crippen molar-refractivity contribution in [1.29, 1.82) is 0 Å². The van der Waals surface area contributed by atoms with Crippen LogP contribution >= 0.6 is 11.3 Å². The fourth-order valence-corrected chi connectivity index (χ4v) is 4.29. The van der Waals surface area contributed by atoms with Gasteiger partial charge < -0.3 is 0 Å². The van der Waals surface area contributed by atoms with Crippen LogP contribution in [-0.2, 0) is 0 Å². The highest BCUT2D eigenvalue weighted by Gasteiger charge is 2.31. The van der Waals surface area contributed by atoms with E-state index < -0.39 is 0 Å². The Balaban J connectivity index is 1.75. The van der Waals surface area contributed by atoms with E-state index in [0.717, 1.165) is 6.42 Å². The largest absolute Gasteiger partial charge is 0.149 e. The topological polar surface area (TPSA) is 0 Å². The van der Waals surface area contributed by atoms with Gasteiger partial charge in [-0.25, -0.2) is 0 Å². The van der Waals surface area contributed by atoms with Gasteiger partial charge in [0.05, 0.1) is 0 Å². The third-order valence-electron chi connectivity index (χ3n) is 4.49. The average Bonchev–Trinajstić information content (AvgIpc) is 3.26. The maximum atomic E-state index is 2.48. The zero-order valence-corrected chi connectivity index (χ0v) is 13.2. The zero-order chi connectivity index (χ0) is 14.8. The summed E-state index contributed by atoms with van der Waals surface area (Å²) in [5.74, 6) is 1.05. The summed E-state index contributed by atoms with van der Waals surface area (Å²) in [4.78, 5) is 1.50. The summed E-state index contributed by atoms with van der Waals surface area (Å²) in [6, 6.07) is 26.2. The molecule has 22 heavy (non-hydrogen) atoms. The predicted molar refractivity (Wildman–Crippen MR) is 95.3 cm³/mol. The Morgan fingerprint density at radius 1 is 0.773 bits per heavy atom. The van der Waals surface area contributed by atoms with Gasteiger partial charge in [0.1, 0.15) is 0 Å². The van der Waals surface area contributed by atoms with E-state index in [-0.39, 0.29) is 0 Å². The van der Waals surface area contributed by atoms with Gasteiger partial charge in [-0.3, -0.25) is 0 Å². The van der Waals surface area contributed by atoms with Gasteiger partial charge in [0, 0.05) is 16.7 Å². The molecule has 0 spiro atoms. The second-order valence-corrected chi connectivity index (χ2v) is 6.80. The second kappa shape index (κ2) is 5.94. The molecule has 1 aliphatic rings. The molecule has 0 amide bonds. The highest BCUT2D eigenvalue weighted by Crippen LogP contribution is 2.48. The van der Waals surface area contributed by atoms with Crippen LogP contribution in [0, 0.1) is 0 Å². The quantitative estimate of drug-likeness (QED) is 0.548. The lowest BCUT2D eigenvalue weighted by Gasteiger charge is -2.18. The molecule has 4 rings (SSSR count). The Morgan fingerprint density at radius 2 is 1.50 bits per heavy atom. The number of rotatable bonds is 3. The fraction of sp³-hybridized carbons (Fsp3) is 0.143. The molecule has 1 heteroatoms. The van der Waals surface area contributed by atoms with E-state index in [0.29, 0.717) is 11.8 Å². The molecule has 2 unspecified atom stereocenters. The van der Waals surface area contributed by atoms with Crippen molar-refractivity contribution in [2.24, 2.45) is 0 Å². The van der Waals surface area contributed by atoms with Crippen molar-refractivity contribution in [2.75, 3.05) is 0 Å². The van der Waals surface area contributed by atoms with Crippen molar-refractivity contribution in [2.45, 2.75) is 18.3 Å². The maximum Gasteiger partial charge on any atom is 0.0104 e. The first-order chi connectivity index (χ1) is 10.9. The van der Waals surface area contributed by atoms with E-state index >= 15 is 0 Å². The lowest BCUT2D eigenvalue weighted by atomic mass is 9.87. The van der Waals surface area contributed by atoms with Crippen LogP contribution in [0.1, 0.15) is 34.3 Å². The van der Waals surface area contributed by atoms with E-state index in [1.54, 1.807) is 0 Å². The summed E-state index contributed by atoms with van der Waals surface area (Å²) in [5.41, 5.74) is 4.27. The molecule has 2 atom stereocenters. The minimum absolute atomic E-state index is 0.482. The molecule has 0 bridgehead atoms. The third kappa shape index (κ3) is 2.53. The molecule has 2 aromatic carbocycles. The molecule has 0 aliphatic heterocycles. The monoisotopic (exact) mass is 302 g/mol. The highest BCUT2D eigenvalue weighted by molar-refractivity contribution is 7.10. The molecule has 0 radical (unpaired) electrons. The molecule has 1 aliphatic carbocycles. The van der Waals surface area contributed by atoms with Gasteiger partial charge in [0.15, 0.2) is 0 Å². The molecule has 0 nitrogen and oxygen atoms in total. The number of benzene rings is 2. The molecule has 0 saturated carbocycles. The van der Waals surface area contributed by atoms with Gasteiger partial charge in [-0.15, -0.1) is 11.3 Å². The van der Waals surface area contributed by atoms with Crippen LogP contribution in [0.4, 0.5) is 0 Å². The zero-order valence-electron chi connectivity index (χ0n) is 12.4. The first kappa shape index (κ1) is 13.5. The minimum Gasteiger partial charge on any atom is -0.149 e. The summed E-state index contributed by atoms with van der Waals surface area (Å²) in [6.07, 6.45) is 3.61. The van der Waals surface area contributed by atoms with E-state index in [1.807, 2.05) is 11.3 Å². The summed E-state index contributed by atoms with van der Waals surface area (Å²) >= 11 is 1.88. The number of allylic oxidation sites excluding steroid dienone is 2. The summed E-state index contributed by atoms with van der Waals surface area (Å²) < 4.78 is 0. The smallest absolute Gasteiger partial charge is 0.0104 e. The van der Waals surface area contributed by atoms with Crippen molar-refractivity contribution in [3.05, 3.63) is 100 Å². The number of thiophene rings is 1. The van der Waals surface area contributed by atoms with E-state index in [2.05, 4.69) is 84.3 Å². The molecule has 0 saturated heterocycles. The van der Waals surface area contributed by atoms with Crippen LogP contribution in [0.15, 0.2) is 84.3 Å². The SMILES string of the molecule is C1=C(c2ccccc2)CC(c2cccs2)C1c1ccccc1. The summed E-state index contributed by atoms with van der Waals surface area (Å²) in [7, 11) is 0. The molecule has 3 aromatic rings. The molecule has 108 valence electrons. The Bertz CT molecular complexity index is 754. The number of hydrogen-bond acceptors (Lipinski definition) is 1. The Hall–Kier alpha value is -2.12. The fourth-order valence-electron chi connectivity index (χ4n) is 3.41. The first-order valence-corrected chi connectivity index (χ1v) is 8.64. The average molecular weight is 302 g/mol. The molecular formula is C21H18S. The normalized spacial score (nSPS) is 20.8. The van der Waals surface area contributed by atoms with Crippen molar-refractivity contribution in [1.82, 2.24) is 0 Å². The Kier molecular flexibility index (Phi) is 3.65. The molecular weight excluding hydrogens is 284 g/mol. The predicted octanol–water partition coefficient (Wildman–Crippen LogP) is 6.10. The molecule has 1 aromatic heterocycles. The van der Waals surface area contributed by atoms with Crippen LogP contribution in [-0.4, -0.2) is 0 Å². The van der Waals surface area contributed by atoms with Crippen LogP contribution in [0.25, 0.3) is 5.57 Å². The van der Waals surface area contributed by atoms with Gasteiger partial charge in [0.25, 0.3) is 0 Å². The lowest BCUT2D eigenvalue weighted by molar-refractivity contribution is 0.680. The highest BCUT2D eigenvalue weighted by atomic mass is 32.1. The van der Waals surface area contributed by atoms with Crippen molar-refractivity contribution in [3.8, 4) is 0 Å². The second-order valence-electron chi connectivity index (χ2n) is 5.82. The van der Waals surface area contributed by atoms with Gasteiger partial charge in [-0.2, -0.15) is 0 Å². The first-order valence-electron chi connectivity index (χ1n) is 7.76. The summed E-state index contributed by atoms with van der Waals surface area (Å²) in [5, 5.41) is 2.19.